The molecule has 1 N–H and O–H groups in total. The third-order valence-corrected chi connectivity index (χ3v) is 6.69. The van der Waals surface area contributed by atoms with Gasteiger partial charge in [-0.15, -0.1) is 0 Å². The molecular formula is C25H21F6NO. The molecule has 1 aliphatic rings. The van der Waals surface area contributed by atoms with E-state index in [1.54, 1.807) is 37.4 Å². The normalized spacial score (nSPS) is 21.2. The smallest absolute Gasteiger partial charge is 0.369 e. The highest BCUT2D eigenvalue weighted by atomic mass is 19.4. The fourth-order valence-corrected chi connectivity index (χ4v) is 4.84. The zero-order valence-electron chi connectivity index (χ0n) is 17.7. The Morgan fingerprint density at radius 1 is 0.788 bits per heavy atom. The third-order valence-electron chi connectivity index (χ3n) is 6.69. The second kappa shape index (κ2) is 7.52. The van der Waals surface area contributed by atoms with Crippen LogP contribution in [0.5, 0.6) is 0 Å². The number of alkyl halides is 6. The number of hydrogen-bond acceptors (Lipinski definition) is 2. The SMILES string of the molecule is CN1c2ccc(C(O)(C(F)(F)F)C(F)(F)F)cc2C(c2ccccc2)C1(C)c1ccccc1. The molecule has 0 saturated carbocycles. The van der Waals surface area contributed by atoms with Gasteiger partial charge in [-0.3, -0.25) is 0 Å². The van der Waals surface area contributed by atoms with Gasteiger partial charge >= 0.3 is 12.4 Å². The minimum absolute atomic E-state index is 0.277. The zero-order valence-corrected chi connectivity index (χ0v) is 17.7. The molecule has 1 heterocycles. The summed E-state index contributed by atoms with van der Waals surface area (Å²) in [5, 5.41) is 9.99. The molecule has 0 radical (unpaired) electrons. The molecule has 3 aromatic carbocycles. The molecule has 4 rings (SSSR count). The predicted molar refractivity (Wildman–Crippen MR) is 113 cm³/mol. The summed E-state index contributed by atoms with van der Waals surface area (Å²) in [6, 6.07) is 20.9. The Balaban J connectivity index is 2.00. The summed E-state index contributed by atoms with van der Waals surface area (Å²) < 4.78 is 81.4. The van der Waals surface area contributed by atoms with Crippen LogP contribution in [0, 0.1) is 0 Å². The van der Waals surface area contributed by atoms with E-state index in [1.165, 1.54) is 6.07 Å². The van der Waals surface area contributed by atoms with Crippen molar-refractivity contribution >= 4 is 5.69 Å². The molecule has 2 nitrogen and oxygen atoms in total. The minimum Gasteiger partial charge on any atom is -0.369 e. The van der Waals surface area contributed by atoms with E-state index in [0.29, 0.717) is 11.8 Å². The maximum Gasteiger partial charge on any atom is 0.430 e. The Morgan fingerprint density at radius 3 is 1.82 bits per heavy atom. The lowest BCUT2D eigenvalue weighted by molar-refractivity contribution is -0.376. The van der Waals surface area contributed by atoms with Crippen LogP contribution >= 0.6 is 0 Å². The monoisotopic (exact) mass is 465 g/mol. The molecule has 1 aliphatic heterocycles. The van der Waals surface area contributed by atoms with Crippen LogP contribution in [0.3, 0.4) is 0 Å². The molecule has 2 unspecified atom stereocenters. The van der Waals surface area contributed by atoms with Crippen LogP contribution in [0.4, 0.5) is 32.0 Å². The van der Waals surface area contributed by atoms with Gasteiger partial charge in [-0.05, 0) is 35.7 Å². The zero-order chi connectivity index (χ0) is 24.2. The van der Waals surface area contributed by atoms with Crippen LogP contribution in [-0.2, 0) is 11.1 Å². The van der Waals surface area contributed by atoms with Gasteiger partial charge in [-0.2, -0.15) is 26.3 Å². The third kappa shape index (κ3) is 3.30. The minimum atomic E-state index is -5.95. The Morgan fingerprint density at radius 2 is 1.30 bits per heavy atom. The van der Waals surface area contributed by atoms with Crippen molar-refractivity contribution in [1.29, 1.82) is 0 Å². The highest BCUT2D eigenvalue weighted by molar-refractivity contribution is 5.69. The van der Waals surface area contributed by atoms with E-state index in [4.69, 9.17) is 0 Å². The fraction of sp³-hybridized carbons (Fsp3) is 0.280. The summed E-state index contributed by atoms with van der Waals surface area (Å²) in [6.45, 7) is 1.90. The molecular weight excluding hydrogens is 444 g/mol. The van der Waals surface area contributed by atoms with Crippen molar-refractivity contribution in [2.75, 3.05) is 11.9 Å². The van der Waals surface area contributed by atoms with Gasteiger partial charge in [0.25, 0.3) is 5.60 Å². The molecule has 0 fully saturated rings. The number of aliphatic hydroxyl groups is 1. The van der Waals surface area contributed by atoms with Crippen LogP contribution in [0.1, 0.15) is 35.1 Å². The van der Waals surface area contributed by atoms with E-state index in [0.717, 1.165) is 17.2 Å². The first-order valence-corrected chi connectivity index (χ1v) is 10.2. The van der Waals surface area contributed by atoms with Gasteiger partial charge in [0.15, 0.2) is 0 Å². The summed E-state index contributed by atoms with van der Waals surface area (Å²) in [7, 11) is 1.76. The second-order valence-electron chi connectivity index (χ2n) is 8.40. The number of hydrogen-bond donors (Lipinski definition) is 1. The number of anilines is 1. The second-order valence-corrected chi connectivity index (χ2v) is 8.40. The Hall–Kier alpha value is -3.00. The topological polar surface area (TPSA) is 23.5 Å². The predicted octanol–water partition coefficient (Wildman–Crippen LogP) is 6.50. The van der Waals surface area contributed by atoms with E-state index < -0.39 is 35.0 Å². The van der Waals surface area contributed by atoms with Crippen molar-refractivity contribution in [2.24, 2.45) is 0 Å². The van der Waals surface area contributed by atoms with Gasteiger partial charge in [0.2, 0.25) is 0 Å². The van der Waals surface area contributed by atoms with Gasteiger partial charge in [-0.1, -0.05) is 66.7 Å². The molecule has 0 aromatic heterocycles. The average Bonchev–Trinajstić information content (AvgIpc) is 3.00. The number of nitrogens with zero attached hydrogens (tertiary/aromatic N) is 1. The standard InChI is InChI=1S/C25H21F6NO/c1-22(17-11-7-4-8-12-17)21(16-9-5-3-6-10-16)19-15-18(13-14-20(19)32(22)2)23(33,24(26,27)28)25(29,30)31/h3-15,21,33H,1-2H3. The molecule has 33 heavy (non-hydrogen) atoms. The number of likely N-dealkylation sites (N-methyl/N-ethyl adjacent to an activating group) is 1. The summed E-state index contributed by atoms with van der Waals surface area (Å²) in [5.74, 6) is -0.591. The van der Waals surface area contributed by atoms with E-state index >= 15 is 0 Å². The quantitative estimate of drug-likeness (QED) is 0.447. The number of benzene rings is 3. The first-order valence-electron chi connectivity index (χ1n) is 10.2. The lowest BCUT2D eigenvalue weighted by Gasteiger charge is -2.40. The van der Waals surface area contributed by atoms with Crippen LogP contribution < -0.4 is 4.90 Å². The maximum atomic E-state index is 13.6. The Kier molecular flexibility index (Phi) is 5.28. The van der Waals surface area contributed by atoms with E-state index in [2.05, 4.69) is 0 Å². The van der Waals surface area contributed by atoms with Crippen LogP contribution in [-0.4, -0.2) is 24.5 Å². The number of fused-ring (bicyclic) bond motifs is 1. The van der Waals surface area contributed by atoms with Crippen molar-refractivity contribution in [1.82, 2.24) is 0 Å². The summed E-state index contributed by atoms with van der Waals surface area (Å²) in [4.78, 5) is 1.86. The first kappa shape index (κ1) is 23.2. The van der Waals surface area contributed by atoms with Gasteiger partial charge in [0.05, 0.1) is 5.54 Å². The number of rotatable bonds is 3. The molecule has 174 valence electrons. The molecule has 8 heteroatoms. The average molecular weight is 465 g/mol. The van der Waals surface area contributed by atoms with Gasteiger partial charge < -0.3 is 10.0 Å². The van der Waals surface area contributed by atoms with E-state index in [-0.39, 0.29) is 5.56 Å². The summed E-state index contributed by atoms with van der Waals surface area (Å²) in [5.41, 5.74) is -4.70. The van der Waals surface area contributed by atoms with Gasteiger partial charge in [-0.25, -0.2) is 0 Å². The molecule has 2 atom stereocenters. The molecule has 0 aliphatic carbocycles. The van der Waals surface area contributed by atoms with Crippen molar-refractivity contribution in [3.8, 4) is 0 Å². The lowest BCUT2D eigenvalue weighted by Crippen LogP contribution is -2.53. The lowest BCUT2D eigenvalue weighted by atomic mass is 9.74. The van der Waals surface area contributed by atoms with Crippen LogP contribution in [0.2, 0.25) is 0 Å². The largest absolute Gasteiger partial charge is 0.430 e. The molecule has 0 bridgehead atoms. The first-order chi connectivity index (χ1) is 15.3. The fourth-order valence-electron chi connectivity index (χ4n) is 4.84. The molecule has 0 amide bonds. The van der Waals surface area contributed by atoms with Crippen LogP contribution in [0.15, 0.2) is 78.9 Å². The van der Waals surface area contributed by atoms with Crippen LogP contribution in [0.25, 0.3) is 0 Å². The van der Waals surface area contributed by atoms with Gasteiger partial charge in [0, 0.05) is 24.2 Å². The summed E-state index contributed by atoms with van der Waals surface area (Å²) in [6.07, 6.45) is -11.9. The maximum absolute atomic E-state index is 13.6. The molecule has 3 aromatic rings. The highest BCUT2D eigenvalue weighted by Crippen LogP contribution is 2.57. The Labute approximate surface area is 187 Å². The van der Waals surface area contributed by atoms with Crippen molar-refractivity contribution in [3.05, 3.63) is 101 Å². The van der Waals surface area contributed by atoms with Gasteiger partial charge in [0.1, 0.15) is 0 Å². The number of halogens is 6. The van der Waals surface area contributed by atoms with E-state index in [9.17, 15) is 31.4 Å². The molecule has 0 saturated heterocycles. The summed E-state index contributed by atoms with van der Waals surface area (Å²) >= 11 is 0. The molecule has 0 spiro atoms. The van der Waals surface area contributed by atoms with Crippen molar-refractivity contribution in [2.45, 2.75) is 36.3 Å². The Bertz CT molecular complexity index is 1130. The van der Waals surface area contributed by atoms with Crippen molar-refractivity contribution < 1.29 is 31.4 Å². The highest BCUT2D eigenvalue weighted by Gasteiger charge is 2.71. The van der Waals surface area contributed by atoms with E-state index in [1.807, 2.05) is 42.2 Å². The van der Waals surface area contributed by atoms with Crippen molar-refractivity contribution in [3.63, 3.8) is 0 Å².